The number of carbonyl (C=O) groups is 2. The third-order valence-electron chi connectivity index (χ3n) is 6.58. The van der Waals surface area contributed by atoms with Crippen molar-refractivity contribution in [2.75, 3.05) is 18.5 Å². The Morgan fingerprint density at radius 3 is 2.45 bits per heavy atom. The fraction of sp³-hybridized carbons (Fsp3) is 0.321. The number of hydrogen-bond acceptors (Lipinski definition) is 10. The van der Waals surface area contributed by atoms with E-state index in [1.807, 2.05) is 37.3 Å². The number of phenols is 2. The fourth-order valence-corrected chi connectivity index (χ4v) is 5.60. The first-order chi connectivity index (χ1) is 18.2. The van der Waals surface area contributed by atoms with Gasteiger partial charge >= 0.3 is 11.9 Å². The molecule has 10 heteroatoms. The summed E-state index contributed by atoms with van der Waals surface area (Å²) in [5, 5.41) is 28.5. The molecule has 3 unspecified atom stereocenters. The van der Waals surface area contributed by atoms with Crippen LogP contribution >= 0.6 is 11.3 Å². The number of aromatic nitrogens is 1. The molecule has 200 valence electrons. The number of anilines is 1. The van der Waals surface area contributed by atoms with Crippen molar-refractivity contribution in [1.82, 2.24) is 10.3 Å². The Morgan fingerprint density at radius 1 is 1.08 bits per heavy atom. The van der Waals surface area contributed by atoms with E-state index in [2.05, 4.69) is 15.6 Å². The summed E-state index contributed by atoms with van der Waals surface area (Å²) < 4.78 is 10.9. The van der Waals surface area contributed by atoms with Gasteiger partial charge in [0.25, 0.3) is 0 Å². The van der Waals surface area contributed by atoms with Crippen molar-refractivity contribution in [3.8, 4) is 22.8 Å². The second kappa shape index (κ2) is 11.1. The van der Waals surface area contributed by atoms with Crippen molar-refractivity contribution in [1.29, 1.82) is 0 Å². The molecule has 0 spiro atoms. The van der Waals surface area contributed by atoms with E-state index in [1.54, 1.807) is 32.2 Å². The molecule has 1 aliphatic rings. The molecule has 0 saturated carbocycles. The number of rotatable bonds is 8. The molecule has 0 fully saturated rings. The summed E-state index contributed by atoms with van der Waals surface area (Å²) in [6.45, 7) is 7.52. The maximum Gasteiger partial charge on any atom is 0.337 e. The molecule has 38 heavy (non-hydrogen) atoms. The van der Waals surface area contributed by atoms with E-state index in [9.17, 15) is 19.8 Å². The highest BCUT2D eigenvalue weighted by Crippen LogP contribution is 2.42. The molecule has 2 aromatic carbocycles. The van der Waals surface area contributed by atoms with Crippen LogP contribution in [0.5, 0.6) is 11.5 Å². The van der Waals surface area contributed by atoms with Gasteiger partial charge in [-0.3, -0.25) is 4.79 Å². The summed E-state index contributed by atoms with van der Waals surface area (Å²) in [6.07, 6.45) is 0. The highest BCUT2D eigenvalue weighted by molar-refractivity contribution is 7.14. The zero-order valence-electron chi connectivity index (χ0n) is 21.6. The number of thiazole rings is 1. The summed E-state index contributed by atoms with van der Waals surface area (Å²) in [7, 11) is 0. The van der Waals surface area contributed by atoms with Gasteiger partial charge in [-0.2, -0.15) is 0 Å². The van der Waals surface area contributed by atoms with Crippen molar-refractivity contribution < 1.29 is 29.3 Å². The lowest BCUT2D eigenvalue weighted by Crippen LogP contribution is -2.60. The fourth-order valence-electron chi connectivity index (χ4n) is 4.84. The van der Waals surface area contributed by atoms with Crippen LogP contribution in [0.3, 0.4) is 0 Å². The highest BCUT2D eigenvalue weighted by atomic mass is 32.1. The van der Waals surface area contributed by atoms with Crippen LogP contribution in [-0.4, -0.2) is 46.4 Å². The van der Waals surface area contributed by atoms with E-state index in [4.69, 9.17) is 9.47 Å². The molecule has 2 heterocycles. The van der Waals surface area contributed by atoms with Gasteiger partial charge in [0.1, 0.15) is 5.92 Å². The number of carbonyl (C=O) groups excluding carboxylic acids is 2. The number of allylic oxidation sites excluding steroid dienone is 1. The highest BCUT2D eigenvalue weighted by Gasteiger charge is 2.53. The van der Waals surface area contributed by atoms with Crippen molar-refractivity contribution >= 4 is 28.4 Å². The molecule has 0 aliphatic carbocycles. The molecule has 4 N–H and O–H groups in total. The number of nitrogens with one attached hydrogen (secondary N) is 2. The minimum absolute atomic E-state index is 0.175. The zero-order chi connectivity index (χ0) is 27.4. The van der Waals surface area contributed by atoms with Crippen molar-refractivity contribution in [2.45, 2.75) is 39.3 Å². The third kappa shape index (κ3) is 5.17. The van der Waals surface area contributed by atoms with E-state index in [0.29, 0.717) is 22.1 Å². The van der Waals surface area contributed by atoms with Crippen LogP contribution < -0.4 is 10.6 Å². The summed E-state index contributed by atoms with van der Waals surface area (Å²) >= 11 is 1.29. The molecule has 0 bridgehead atoms. The Morgan fingerprint density at radius 2 is 1.79 bits per heavy atom. The molecule has 4 rings (SSSR count). The number of hydrogen-bond donors (Lipinski definition) is 4. The molecule has 3 aromatic rings. The van der Waals surface area contributed by atoms with Gasteiger partial charge in [-0.05, 0) is 51.5 Å². The predicted octanol–water partition coefficient (Wildman–Crippen LogP) is 4.54. The Labute approximate surface area is 225 Å². The van der Waals surface area contributed by atoms with Crippen molar-refractivity contribution in [2.24, 2.45) is 5.92 Å². The molecular formula is C28H31N3O6S. The van der Waals surface area contributed by atoms with E-state index < -0.39 is 29.4 Å². The number of esters is 2. The normalized spacial score (nSPS) is 20.9. The SMILES string of the molecule is CCOC(=O)C1=C(C)NC(C)(c2ccccc2)C(C(=O)OCC)C1Nc1nc(-c2ccc(O)c(O)c2)cs1. The second-order valence-corrected chi connectivity index (χ2v) is 9.90. The second-order valence-electron chi connectivity index (χ2n) is 9.05. The van der Waals surface area contributed by atoms with E-state index in [0.717, 1.165) is 5.56 Å². The Balaban J connectivity index is 1.82. The average molecular weight is 538 g/mol. The monoisotopic (exact) mass is 537 g/mol. The van der Waals surface area contributed by atoms with Gasteiger partial charge < -0.3 is 30.3 Å². The average Bonchev–Trinajstić information content (AvgIpc) is 3.35. The van der Waals surface area contributed by atoms with Gasteiger partial charge in [0.2, 0.25) is 0 Å². The van der Waals surface area contributed by atoms with Gasteiger partial charge in [-0.25, -0.2) is 9.78 Å². The van der Waals surface area contributed by atoms with Gasteiger partial charge in [0, 0.05) is 16.6 Å². The maximum atomic E-state index is 13.6. The molecule has 0 saturated heterocycles. The van der Waals surface area contributed by atoms with Crippen LogP contribution in [0.25, 0.3) is 11.3 Å². The van der Waals surface area contributed by atoms with Gasteiger partial charge in [-0.15, -0.1) is 11.3 Å². The van der Waals surface area contributed by atoms with Crippen LogP contribution in [0.15, 0.2) is 65.2 Å². The molecule has 1 aliphatic heterocycles. The Kier molecular flexibility index (Phi) is 7.91. The molecular weight excluding hydrogens is 506 g/mol. The first kappa shape index (κ1) is 27.0. The van der Waals surface area contributed by atoms with Crippen LogP contribution in [0.4, 0.5) is 5.13 Å². The largest absolute Gasteiger partial charge is 0.504 e. The lowest BCUT2D eigenvalue weighted by Gasteiger charge is -2.47. The number of benzene rings is 2. The summed E-state index contributed by atoms with van der Waals surface area (Å²) in [6, 6.07) is 13.2. The zero-order valence-corrected chi connectivity index (χ0v) is 22.5. The van der Waals surface area contributed by atoms with Crippen LogP contribution in [0, 0.1) is 5.92 Å². The van der Waals surface area contributed by atoms with Crippen molar-refractivity contribution in [3.63, 3.8) is 0 Å². The molecule has 9 nitrogen and oxygen atoms in total. The number of aromatic hydroxyl groups is 2. The molecule has 0 amide bonds. The third-order valence-corrected chi connectivity index (χ3v) is 7.35. The molecule has 1 aromatic heterocycles. The molecule has 3 atom stereocenters. The van der Waals surface area contributed by atoms with E-state index in [1.165, 1.54) is 23.5 Å². The molecule has 0 radical (unpaired) electrons. The van der Waals surface area contributed by atoms with Gasteiger partial charge in [-0.1, -0.05) is 30.3 Å². The summed E-state index contributed by atoms with van der Waals surface area (Å²) in [5.74, 6) is -2.36. The van der Waals surface area contributed by atoms with Crippen LogP contribution in [-0.2, 0) is 24.6 Å². The summed E-state index contributed by atoms with van der Waals surface area (Å²) in [4.78, 5) is 31.4. The van der Waals surface area contributed by atoms with E-state index >= 15 is 0 Å². The summed E-state index contributed by atoms with van der Waals surface area (Å²) in [5.41, 5.74) is 1.95. The predicted molar refractivity (Wildman–Crippen MR) is 145 cm³/mol. The number of ether oxygens (including phenoxy) is 2. The number of nitrogens with zero attached hydrogens (tertiary/aromatic N) is 1. The first-order valence-electron chi connectivity index (χ1n) is 12.3. The smallest absolute Gasteiger partial charge is 0.337 e. The minimum Gasteiger partial charge on any atom is -0.504 e. The lowest BCUT2D eigenvalue weighted by atomic mass is 9.70. The van der Waals surface area contributed by atoms with Gasteiger partial charge in [0.05, 0.1) is 36.1 Å². The first-order valence-corrected chi connectivity index (χ1v) is 13.2. The van der Waals surface area contributed by atoms with Gasteiger partial charge in [0.15, 0.2) is 16.6 Å². The topological polar surface area (TPSA) is 130 Å². The minimum atomic E-state index is -0.923. The quantitative estimate of drug-likeness (QED) is 0.242. The standard InChI is InChI=1S/C28H31N3O6S/c1-5-36-25(34)22-16(3)31-28(4,18-10-8-7-9-11-18)23(26(35)37-6-2)24(22)30-27-29-19(15-38-27)17-12-13-20(32)21(33)14-17/h7-15,23-24,31-33H,5-6H2,1-4H3,(H,29,30). The lowest BCUT2D eigenvalue weighted by molar-refractivity contribution is -0.152. The Hall–Kier alpha value is -4.05. The van der Waals surface area contributed by atoms with E-state index in [-0.39, 0.29) is 30.3 Å². The van der Waals surface area contributed by atoms with Crippen molar-refractivity contribution in [3.05, 3.63) is 70.7 Å². The van der Waals surface area contributed by atoms with Crippen LogP contribution in [0.2, 0.25) is 0 Å². The van der Waals surface area contributed by atoms with Crippen LogP contribution in [0.1, 0.15) is 33.3 Å². The Bertz CT molecular complexity index is 1360. The maximum absolute atomic E-state index is 13.6. The number of phenolic OH excluding ortho intramolecular Hbond substituents is 2.